The third-order valence-electron chi connectivity index (χ3n) is 2.06. The minimum atomic E-state index is -0.624. The summed E-state index contributed by atoms with van der Waals surface area (Å²) in [6.07, 6.45) is 3.15. The van der Waals surface area contributed by atoms with Crippen molar-refractivity contribution in [2.24, 2.45) is 17.9 Å². The molecule has 0 aliphatic carbocycles. The van der Waals surface area contributed by atoms with Gasteiger partial charge in [0.1, 0.15) is 6.04 Å². The Kier molecular flexibility index (Phi) is 4.31. The van der Waals surface area contributed by atoms with Gasteiger partial charge < -0.3 is 15.6 Å². The van der Waals surface area contributed by atoms with E-state index in [4.69, 9.17) is 11.3 Å². The van der Waals surface area contributed by atoms with E-state index in [9.17, 15) is 4.79 Å². The van der Waals surface area contributed by atoms with E-state index in [2.05, 4.69) is 20.3 Å². The van der Waals surface area contributed by atoms with Crippen molar-refractivity contribution in [3.63, 3.8) is 0 Å². The van der Waals surface area contributed by atoms with Crippen LogP contribution < -0.4 is 11.1 Å². The third-order valence-corrected chi connectivity index (χ3v) is 2.06. The van der Waals surface area contributed by atoms with Gasteiger partial charge in [-0.25, -0.2) is 4.98 Å². The first kappa shape index (κ1) is 12.0. The molecule has 1 aromatic heterocycles. The summed E-state index contributed by atoms with van der Waals surface area (Å²) in [7, 11) is 1.77. The van der Waals surface area contributed by atoms with Crippen molar-refractivity contribution in [1.82, 2.24) is 14.9 Å². The Bertz CT molecular complexity index is 406. The number of carbonyl (C=O) groups excluding carboxylic acids is 1. The Labute approximate surface area is 92.1 Å². The number of nitrogens with two attached hydrogens (primary N) is 1. The van der Waals surface area contributed by atoms with Gasteiger partial charge in [0.2, 0.25) is 5.91 Å². The molecule has 1 aromatic rings. The van der Waals surface area contributed by atoms with Gasteiger partial charge in [-0.2, -0.15) is 0 Å². The van der Waals surface area contributed by atoms with Crippen LogP contribution in [0.15, 0.2) is 17.6 Å². The number of carbonyl (C=O) groups is 1. The molecule has 0 aromatic carbocycles. The maximum atomic E-state index is 11.2. The quantitative estimate of drug-likeness (QED) is 0.301. The molecule has 0 aliphatic heterocycles. The van der Waals surface area contributed by atoms with Crippen molar-refractivity contribution in [3.8, 4) is 0 Å². The molecule has 8 nitrogen and oxygen atoms in total. The number of hydrogen-bond donors (Lipinski definition) is 2. The molecule has 0 radical (unpaired) electrons. The van der Waals surface area contributed by atoms with Crippen molar-refractivity contribution in [2.75, 3.05) is 13.1 Å². The van der Waals surface area contributed by atoms with Crippen LogP contribution in [0.25, 0.3) is 10.4 Å². The summed E-state index contributed by atoms with van der Waals surface area (Å²) in [5, 5.41) is 6.25. The smallest absolute Gasteiger partial charge is 0.240 e. The molecular formula is C8H13N7O. The molecule has 0 saturated carbocycles. The van der Waals surface area contributed by atoms with Crippen molar-refractivity contribution in [2.45, 2.75) is 6.04 Å². The first-order valence-electron chi connectivity index (χ1n) is 4.66. The largest absolute Gasteiger partial charge is 0.368 e. The van der Waals surface area contributed by atoms with Gasteiger partial charge in [-0.3, -0.25) is 4.79 Å². The van der Waals surface area contributed by atoms with Gasteiger partial charge in [-0.15, -0.1) is 0 Å². The number of nitrogens with one attached hydrogen (secondary N) is 1. The molecule has 0 aliphatic rings. The summed E-state index contributed by atoms with van der Waals surface area (Å²) in [5.41, 5.74) is 14.0. The van der Waals surface area contributed by atoms with Crippen molar-refractivity contribution >= 4 is 5.91 Å². The molecular weight excluding hydrogens is 210 g/mol. The number of amides is 1. The number of azide groups is 1. The first-order valence-corrected chi connectivity index (χ1v) is 4.66. The van der Waals surface area contributed by atoms with Gasteiger partial charge in [0, 0.05) is 25.0 Å². The van der Waals surface area contributed by atoms with Crippen LogP contribution in [0.3, 0.4) is 0 Å². The monoisotopic (exact) mass is 223 g/mol. The molecule has 1 amide bonds. The van der Waals surface area contributed by atoms with Crippen molar-refractivity contribution in [1.29, 1.82) is 0 Å². The van der Waals surface area contributed by atoms with E-state index in [0.29, 0.717) is 12.2 Å². The van der Waals surface area contributed by atoms with E-state index in [1.54, 1.807) is 24.1 Å². The maximum Gasteiger partial charge on any atom is 0.240 e. The number of nitrogens with zero attached hydrogens (tertiary/aromatic N) is 5. The predicted octanol–water partition coefficient (Wildman–Crippen LogP) is -0.154. The second kappa shape index (κ2) is 5.74. The Morgan fingerprint density at radius 3 is 3.12 bits per heavy atom. The fourth-order valence-corrected chi connectivity index (χ4v) is 1.30. The molecule has 16 heavy (non-hydrogen) atoms. The van der Waals surface area contributed by atoms with E-state index < -0.39 is 11.9 Å². The van der Waals surface area contributed by atoms with Crippen LogP contribution in [0.5, 0.6) is 0 Å². The Morgan fingerprint density at radius 1 is 1.88 bits per heavy atom. The number of aryl methyl sites for hydroxylation is 1. The number of aromatic nitrogens is 2. The minimum absolute atomic E-state index is 0.262. The highest BCUT2D eigenvalue weighted by Crippen LogP contribution is 2.10. The van der Waals surface area contributed by atoms with Gasteiger partial charge in [0.05, 0.1) is 18.2 Å². The summed E-state index contributed by atoms with van der Waals surface area (Å²) >= 11 is 0. The van der Waals surface area contributed by atoms with Crippen molar-refractivity contribution < 1.29 is 4.79 Å². The maximum absolute atomic E-state index is 11.2. The van der Waals surface area contributed by atoms with Crippen LogP contribution in [0.2, 0.25) is 0 Å². The lowest BCUT2D eigenvalue weighted by atomic mass is 10.2. The summed E-state index contributed by atoms with van der Waals surface area (Å²) < 4.78 is 1.70. The Balaban J connectivity index is 2.65. The number of hydrogen-bond acceptors (Lipinski definition) is 4. The zero-order chi connectivity index (χ0) is 12.0. The normalized spacial score (nSPS) is 11.8. The van der Waals surface area contributed by atoms with Gasteiger partial charge >= 0.3 is 0 Å². The molecule has 86 valence electrons. The molecule has 1 heterocycles. The van der Waals surface area contributed by atoms with Gasteiger partial charge in [-0.05, 0) is 5.53 Å². The van der Waals surface area contributed by atoms with Gasteiger partial charge in [-0.1, -0.05) is 5.11 Å². The van der Waals surface area contributed by atoms with Crippen LogP contribution in [-0.2, 0) is 11.8 Å². The van der Waals surface area contributed by atoms with Crippen LogP contribution >= 0.6 is 0 Å². The molecule has 1 atom stereocenters. The lowest BCUT2D eigenvalue weighted by Gasteiger charge is -2.14. The van der Waals surface area contributed by atoms with E-state index in [1.807, 2.05) is 0 Å². The molecule has 1 unspecified atom stereocenters. The first-order chi connectivity index (χ1) is 7.66. The molecule has 0 bridgehead atoms. The van der Waals surface area contributed by atoms with Crippen LogP contribution in [-0.4, -0.2) is 28.5 Å². The number of primary amides is 1. The molecule has 3 N–H and O–H groups in total. The third kappa shape index (κ3) is 2.97. The predicted molar refractivity (Wildman–Crippen MR) is 57.2 cm³/mol. The van der Waals surface area contributed by atoms with E-state index in [0.717, 1.165) is 0 Å². The second-order valence-electron chi connectivity index (χ2n) is 3.17. The van der Waals surface area contributed by atoms with Crippen LogP contribution in [0.4, 0.5) is 0 Å². The van der Waals surface area contributed by atoms with Crippen molar-refractivity contribution in [3.05, 3.63) is 28.7 Å². The van der Waals surface area contributed by atoms with E-state index in [-0.39, 0.29) is 6.54 Å². The fraction of sp³-hybridized carbons (Fsp3) is 0.500. The SMILES string of the molecule is Cn1cncc1C(NCCN=[N+]=[N-])C(N)=O. The zero-order valence-electron chi connectivity index (χ0n) is 8.87. The Morgan fingerprint density at radius 2 is 2.62 bits per heavy atom. The molecule has 0 spiro atoms. The van der Waals surface area contributed by atoms with Gasteiger partial charge in [0.25, 0.3) is 0 Å². The fourth-order valence-electron chi connectivity index (χ4n) is 1.30. The van der Waals surface area contributed by atoms with E-state index in [1.165, 1.54) is 0 Å². The molecule has 8 heteroatoms. The highest BCUT2D eigenvalue weighted by molar-refractivity contribution is 5.80. The molecule has 0 fully saturated rings. The number of rotatable bonds is 6. The van der Waals surface area contributed by atoms with Crippen LogP contribution in [0.1, 0.15) is 11.7 Å². The molecule has 1 rings (SSSR count). The topological polar surface area (TPSA) is 122 Å². The number of imidazole rings is 1. The average molecular weight is 223 g/mol. The summed E-state index contributed by atoms with van der Waals surface area (Å²) in [6, 6.07) is -0.624. The Hall–Kier alpha value is -2.05. The molecule has 0 saturated heterocycles. The lowest BCUT2D eigenvalue weighted by molar-refractivity contribution is -0.120. The van der Waals surface area contributed by atoms with E-state index >= 15 is 0 Å². The highest BCUT2D eigenvalue weighted by atomic mass is 16.1. The average Bonchev–Trinajstić information content (AvgIpc) is 2.64. The van der Waals surface area contributed by atoms with Crippen LogP contribution in [0, 0.1) is 0 Å². The summed E-state index contributed by atoms with van der Waals surface area (Å²) in [5.74, 6) is -0.496. The zero-order valence-corrected chi connectivity index (χ0v) is 8.87. The van der Waals surface area contributed by atoms with Gasteiger partial charge in [0.15, 0.2) is 0 Å². The second-order valence-corrected chi connectivity index (χ2v) is 3.17. The standard InChI is InChI=1S/C8H13N7O/c1-15-5-11-4-6(15)7(8(9)16)12-2-3-13-14-10/h4-5,7,12H,2-3H2,1H3,(H2,9,16). The minimum Gasteiger partial charge on any atom is -0.368 e. The summed E-state index contributed by atoms with van der Waals surface area (Å²) in [6.45, 7) is 0.640. The summed E-state index contributed by atoms with van der Waals surface area (Å²) in [4.78, 5) is 17.7. The lowest BCUT2D eigenvalue weighted by Crippen LogP contribution is -2.36. The highest BCUT2D eigenvalue weighted by Gasteiger charge is 2.19.